The third kappa shape index (κ3) is 6.85. The zero-order valence-electron chi connectivity index (χ0n) is 17.7. The van der Waals surface area contributed by atoms with E-state index in [2.05, 4.69) is 0 Å². The Kier molecular flexibility index (Phi) is 9.08. The molecule has 0 spiro atoms. The second-order valence-electron chi connectivity index (χ2n) is 7.92. The lowest BCUT2D eigenvalue weighted by Gasteiger charge is -2.28. The summed E-state index contributed by atoms with van der Waals surface area (Å²) in [6, 6.07) is 16.0. The van der Waals surface area contributed by atoms with E-state index in [9.17, 15) is 19.8 Å². The fourth-order valence-electron chi connectivity index (χ4n) is 4.08. The topological polar surface area (TPSA) is 119 Å². The van der Waals surface area contributed by atoms with Crippen molar-refractivity contribution in [3.05, 3.63) is 65.2 Å². The van der Waals surface area contributed by atoms with Crippen LogP contribution >= 0.6 is 0 Å². The van der Waals surface area contributed by atoms with Gasteiger partial charge in [-0.3, -0.25) is 9.59 Å². The molecule has 0 amide bonds. The Balaban J connectivity index is 0.000000225. The molecule has 1 fully saturated rings. The number of rotatable bonds is 6. The van der Waals surface area contributed by atoms with Gasteiger partial charge in [0.05, 0.1) is 12.0 Å². The zero-order valence-corrected chi connectivity index (χ0v) is 17.7. The smallest absolute Gasteiger partial charge is 0.321 e. The molecule has 0 aliphatic heterocycles. The van der Waals surface area contributed by atoms with Gasteiger partial charge in [-0.05, 0) is 48.4 Å². The molecule has 164 valence electrons. The van der Waals surface area contributed by atoms with Crippen LogP contribution < -0.4 is 0 Å². The second kappa shape index (κ2) is 11.8. The standard InChI is InChI=1S/C15H20O2.C10H9NO3/c1-11-7-5-6-10-13(11)14(15(16)17)12-8-3-2-4-9-12;11-6-8(10(13)14)5-7-3-1-2-4-9(7)12/h5-7,10,12,14H,2-4,8-9H2,1H3,(H,16,17);1-4,8,12H,5H2,(H,13,14). The van der Waals surface area contributed by atoms with E-state index in [0.29, 0.717) is 11.5 Å². The molecule has 2 atom stereocenters. The lowest BCUT2D eigenvalue weighted by molar-refractivity contribution is -0.141. The third-order valence-electron chi connectivity index (χ3n) is 5.78. The number of hydrogen-bond acceptors (Lipinski definition) is 4. The average Bonchev–Trinajstić information content (AvgIpc) is 2.75. The lowest BCUT2D eigenvalue weighted by atomic mass is 9.76. The molecule has 0 bridgehead atoms. The Morgan fingerprint density at radius 2 is 1.61 bits per heavy atom. The van der Waals surface area contributed by atoms with E-state index in [4.69, 9.17) is 10.4 Å². The van der Waals surface area contributed by atoms with Crippen LogP contribution in [0, 0.1) is 30.1 Å². The number of phenols is 1. The van der Waals surface area contributed by atoms with Crippen molar-refractivity contribution in [2.45, 2.75) is 51.4 Å². The number of para-hydroxylation sites is 1. The normalized spacial score (nSPS) is 15.6. The van der Waals surface area contributed by atoms with Crippen LogP contribution in [0.3, 0.4) is 0 Å². The van der Waals surface area contributed by atoms with Crippen LogP contribution in [0.5, 0.6) is 5.75 Å². The van der Waals surface area contributed by atoms with Crippen molar-refractivity contribution < 1.29 is 24.9 Å². The summed E-state index contributed by atoms with van der Waals surface area (Å²) >= 11 is 0. The number of hydrogen-bond donors (Lipinski definition) is 3. The number of carbonyl (C=O) groups is 2. The minimum atomic E-state index is -1.17. The van der Waals surface area contributed by atoms with Gasteiger partial charge in [0.25, 0.3) is 0 Å². The molecule has 0 radical (unpaired) electrons. The summed E-state index contributed by atoms with van der Waals surface area (Å²) in [5.41, 5.74) is 2.58. The average molecular weight is 424 g/mol. The van der Waals surface area contributed by atoms with Gasteiger partial charge < -0.3 is 15.3 Å². The largest absolute Gasteiger partial charge is 0.508 e. The molecule has 2 unspecified atom stereocenters. The highest BCUT2D eigenvalue weighted by molar-refractivity contribution is 5.77. The molecule has 0 heterocycles. The van der Waals surface area contributed by atoms with E-state index in [-0.39, 0.29) is 18.1 Å². The number of carboxylic acids is 2. The SMILES string of the molecule is Cc1ccccc1C(C(=O)O)C1CCCCC1.N#CC(Cc1ccccc1O)C(=O)O. The van der Waals surface area contributed by atoms with E-state index in [0.717, 1.165) is 24.0 Å². The lowest BCUT2D eigenvalue weighted by Crippen LogP contribution is -2.24. The van der Waals surface area contributed by atoms with Crippen molar-refractivity contribution in [2.24, 2.45) is 11.8 Å². The monoisotopic (exact) mass is 423 g/mol. The fourth-order valence-corrected chi connectivity index (χ4v) is 4.08. The van der Waals surface area contributed by atoms with Crippen molar-refractivity contribution in [3.63, 3.8) is 0 Å². The number of aliphatic carboxylic acids is 2. The first-order valence-corrected chi connectivity index (χ1v) is 10.5. The number of benzene rings is 2. The first kappa shape index (κ1) is 23.9. The molecule has 0 saturated heterocycles. The predicted octanol–water partition coefficient (Wildman–Crippen LogP) is 4.90. The molecule has 2 aromatic carbocycles. The van der Waals surface area contributed by atoms with E-state index < -0.39 is 17.9 Å². The van der Waals surface area contributed by atoms with Gasteiger partial charge in [-0.25, -0.2) is 0 Å². The first-order chi connectivity index (χ1) is 14.8. The molecular formula is C25H29NO5. The Bertz CT molecular complexity index is 928. The number of nitrogens with zero attached hydrogens (tertiary/aromatic N) is 1. The summed E-state index contributed by atoms with van der Waals surface area (Å²) in [5.74, 6) is -2.90. The van der Waals surface area contributed by atoms with Crippen LogP contribution in [0.4, 0.5) is 0 Å². The van der Waals surface area contributed by atoms with Crippen molar-refractivity contribution in [1.29, 1.82) is 5.26 Å². The Morgan fingerprint density at radius 1 is 1.00 bits per heavy atom. The van der Waals surface area contributed by atoms with Crippen LogP contribution in [-0.4, -0.2) is 27.3 Å². The van der Waals surface area contributed by atoms with Gasteiger partial charge >= 0.3 is 11.9 Å². The Morgan fingerprint density at radius 3 is 2.16 bits per heavy atom. The predicted molar refractivity (Wildman–Crippen MR) is 117 cm³/mol. The number of carboxylic acid groups (broad SMARTS) is 2. The van der Waals surface area contributed by atoms with Crippen LogP contribution in [0.1, 0.15) is 54.7 Å². The molecule has 2 aromatic rings. The molecule has 1 aliphatic carbocycles. The van der Waals surface area contributed by atoms with Crippen molar-refractivity contribution in [1.82, 2.24) is 0 Å². The maximum absolute atomic E-state index is 11.6. The van der Waals surface area contributed by atoms with Crippen LogP contribution in [0.2, 0.25) is 0 Å². The minimum absolute atomic E-state index is 0.0222. The minimum Gasteiger partial charge on any atom is -0.508 e. The van der Waals surface area contributed by atoms with Crippen molar-refractivity contribution in [3.8, 4) is 11.8 Å². The second-order valence-corrected chi connectivity index (χ2v) is 7.92. The summed E-state index contributed by atoms with van der Waals surface area (Å²) in [6.07, 6.45) is 5.77. The van der Waals surface area contributed by atoms with Crippen LogP contribution in [-0.2, 0) is 16.0 Å². The Hall–Kier alpha value is -3.33. The van der Waals surface area contributed by atoms with Crippen molar-refractivity contribution >= 4 is 11.9 Å². The maximum Gasteiger partial charge on any atom is 0.321 e. The molecule has 0 aromatic heterocycles. The highest BCUT2D eigenvalue weighted by Gasteiger charge is 2.31. The third-order valence-corrected chi connectivity index (χ3v) is 5.78. The van der Waals surface area contributed by atoms with Gasteiger partial charge in [-0.15, -0.1) is 0 Å². The van der Waals surface area contributed by atoms with Crippen LogP contribution in [0.25, 0.3) is 0 Å². The van der Waals surface area contributed by atoms with Gasteiger partial charge in [0.2, 0.25) is 0 Å². The van der Waals surface area contributed by atoms with E-state index in [1.54, 1.807) is 24.3 Å². The van der Waals surface area contributed by atoms with Gasteiger partial charge in [0.15, 0.2) is 0 Å². The van der Waals surface area contributed by atoms with Gasteiger partial charge in [-0.1, -0.05) is 61.7 Å². The molecule has 1 saturated carbocycles. The summed E-state index contributed by atoms with van der Waals surface area (Å²) in [7, 11) is 0. The maximum atomic E-state index is 11.6. The quantitative estimate of drug-likeness (QED) is 0.608. The van der Waals surface area contributed by atoms with Crippen molar-refractivity contribution in [2.75, 3.05) is 0 Å². The molecule has 3 N–H and O–H groups in total. The summed E-state index contributed by atoms with van der Waals surface area (Å²) in [6.45, 7) is 2.01. The molecule has 1 aliphatic rings. The zero-order chi connectivity index (χ0) is 22.8. The number of aromatic hydroxyl groups is 1. The van der Waals surface area contributed by atoms with E-state index >= 15 is 0 Å². The fraction of sp³-hybridized carbons (Fsp3) is 0.400. The highest BCUT2D eigenvalue weighted by Crippen LogP contribution is 2.37. The molecular weight excluding hydrogens is 394 g/mol. The first-order valence-electron chi connectivity index (χ1n) is 10.5. The van der Waals surface area contributed by atoms with Crippen LogP contribution in [0.15, 0.2) is 48.5 Å². The number of nitriles is 1. The molecule has 3 rings (SSSR count). The van der Waals surface area contributed by atoms with E-state index in [1.807, 2.05) is 31.2 Å². The van der Waals surface area contributed by atoms with Gasteiger partial charge in [-0.2, -0.15) is 5.26 Å². The molecule has 6 nitrogen and oxygen atoms in total. The summed E-state index contributed by atoms with van der Waals surface area (Å²) in [4.78, 5) is 22.1. The summed E-state index contributed by atoms with van der Waals surface area (Å²) < 4.78 is 0. The Labute approximate surface area is 182 Å². The van der Waals surface area contributed by atoms with Gasteiger partial charge in [0, 0.05) is 6.42 Å². The number of phenolic OH excluding ortho intramolecular Hbond substituents is 1. The van der Waals surface area contributed by atoms with Gasteiger partial charge in [0.1, 0.15) is 11.7 Å². The van der Waals surface area contributed by atoms with E-state index in [1.165, 1.54) is 25.3 Å². The summed E-state index contributed by atoms with van der Waals surface area (Å²) in [5, 5.41) is 36.0. The molecule has 6 heteroatoms. The number of aryl methyl sites for hydroxylation is 1. The molecule has 31 heavy (non-hydrogen) atoms. The highest BCUT2D eigenvalue weighted by atomic mass is 16.4.